The molecule has 2 saturated heterocycles. The second-order valence-electron chi connectivity index (χ2n) is 17.0. The van der Waals surface area contributed by atoms with Crippen molar-refractivity contribution in [3.05, 3.63) is 206 Å². The summed E-state index contributed by atoms with van der Waals surface area (Å²) < 4.78 is 12.0. The van der Waals surface area contributed by atoms with Crippen molar-refractivity contribution < 1.29 is 24.0 Å². The summed E-state index contributed by atoms with van der Waals surface area (Å²) in [5.74, 6) is -2.11. The van der Waals surface area contributed by atoms with Gasteiger partial charge in [0.25, 0.3) is 5.69 Å². The van der Waals surface area contributed by atoms with Crippen molar-refractivity contribution in [2.24, 2.45) is 0 Å². The van der Waals surface area contributed by atoms with Gasteiger partial charge >= 0.3 is 11.9 Å². The van der Waals surface area contributed by atoms with Crippen LogP contribution < -0.4 is 5.32 Å². The summed E-state index contributed by atoms with van der Waals surface area (Å²) in [5.41, 5.74) is 6.79. The van der Waals surface area contributed by atoms with E-state index in [4.69, 9.17) is 9.47 Å². The van der Waals surface area contributed by atoms with Gasteiger partial charge in [-0.15, -0.1) is 49.6 Å². The van der Waals surface area contributed by atoms with Crippen LogP contribution in [0.5, 0.6) is 0 Å². The van der Waals surface area contributed by atoms with Crippen LogP contribution in [-0.2, 0) is 19.1 Å². The van der Waals surface area contributed by atoms with Gasteiger partial charge in [0.15, 0.2) is 0 Å². The van der Waals surface area contributed by atoms with Gasteiger partial charge < -0.3 is 14.8 Å². The monoisotopic (exact) mass is 1020 g/mol. The number of nitro groups is 1. The quantitative estimate of drug-likeness (QED) is 0.0579. The number of allylic oxidation sites excluding steroid dienone is 2. The lowest BCUT2D eigenvalue weighted by molar-refractivity contribution is -0.384. The number of ether oxygens (including phenoxy) is 2. The zero-order valence-corrected chi connectivity index (χ0v) is 42.2. The third kappa shape index (κ3) is 14.0. The van der Waals surface area contributed by atoms with Crippen molar-refractivity contribution in [2.75, 3.05) is 78.7 Å². The molecule has 1 N–H and O–H groups in total. The first-order chi connectivity index (χ1) is 31.7. The third-order valence-corrected chi connectivity index (χ3v) is 12.9. The van der Waals surface area contributed by atoms with E-state index < -0.39 is 22.8 Å². The SMILES string of the molecule is CC1=C(C(=O)OCCN2CCN(C(c3ccccc3)c3ccccc3)CC2)C(c2cccc([N+](=O)[O-])c2)C(C(=O)OCCN2CCN(C(c3ccccc3)c3ccccc3)CC2)=C(C)N1.Cl.Cl.Cl.Cl. The fourth-order valence-corrected chi connectivity index (χ4v) is 9.64. The van der Waals surface area contributed by atoms with Crippen molar-refractivity contribution in [1.82, 2.24) is 24.9 Å². The molecule has 3 aliphatic rings. The predicted octanol–water partition coefficient (Wildman–Crippen LogP) is 9.42. The number of rotatable bonds is 16. The van der Waals surface area contributed by atoms with Crippen LogP contribution in [0.25, 0.3) is 0 Å². The van der Waals surface area contributed by atoms with Crippen LogP contribution in [0.15, 0.2) is 168 Å². The van der Waals surface area contributed by atoms with Gasteiger partial charge in [-0.25, -0.2) is 9.59 Å². The standard InChI is InChI=1S/C53H58N6O6.4ClH/c1-39-47(52(60)64-36-34-55-26-30-57(31-27-55)50(41-16-7-3-8-17-41)42-18-9-4-10-19-42)49(45-24-15-25-46(38-45)59(62)63)48(40(2)54-39)53(61)65-37-35-56-28-32-58(33-29-56)51(43-20-11-5-12-21-43)44-22-13-6-14-23-44;;;;/h3-25,38,49-51,54H,26-37H2,1-2H3;4*1H. The van der Waals surface area contributed by atoms with Crippen LogP contribution in [0.2, 0.25) is 0 Å². The number of benzene rings is 5. The molecule has 5 aromatic rings. The molecule has 0 bridgehead atoms. The molecular weight excluding hydrogens is 958 g/mol. The number of dihydropyridines is 1. The summed E-state index contributed by atoms with van der Waals surface area (Å²) in [5, 5.41) is 15.2. The summed E-state index contributed by atoms with van der Waals surface area (Å²) in [4.78, 5) is 49.5. The Labute approximate surface area is 430 Å². The Morgan fingerprint density at radius 1 is 0.551 bits per heavy atom. The Bertz CT molecular complexity index is 2250. The number of hydrogen-bond donors (Lipinski definition) is 1. The normalized spacial score (nSPS) is 16.1. The molecular formula is C53H62Cl4N6O6. The zero-order valence-electron chi connectivity index (χ0n) is 38.9. The molecule has 368 valence electrons. The molecule has 16 heteroatoms. The van der Waals surface area contributed by atoms with Crippen LogP contribution >= 0.6 is 49.6 Å². The van der Waals surface area contributed by atoms with Crippen molar-refractivity contribution in [1.29, 1.82) is 0 Å². The molecule has 0 aliphatic carbocycles. The number of piperazine rings is 2. The van der Waals surface area contributed by atoms with Crippen LogP contribution in [0.4, 0.5) is 5.69 Å². The lowest BCUT2D eigenvalue weighted by atomic mass is 9.80. The van der Waals surface area contributed by atoms with Gasteiger partial charge in [-0.05, 0) is 41.7 Å². The molecule has 0 atom stereocenters. The first kappa shape index (κ1) is 56.3. The Morgan fingerprint density at radius 3 is 1.23 bits per heavy atom. The lowest BCUT2D eigenvalue weighted by Crippen LogP contribution is -2.48. The minimum absolute atomic E-state index is 0. The van der Waals surface area contributed by atoms with E-state index in [1.807, 2.05) is 24.3 Å². The number of nitrogens with zero attached hydrogens (tertiary/aromatic N) is 5. The topological polar surface area (TPSA) is 121 Å². The lowest BCUT2D eigenvalue weighted by Gasteiger charge is -2.39. The van der Waals surface area contributed by atoms with E-state index in [1.165, 1.54) is 34.4 Å². The molecule has 3 heterocycles. The Morgan fingerprint density at radius 2 is 0.899 bits per heavy atom. The fraction of sp³-hybridized carbons (Fsp3) is 0.321. The maximum absolute atomic E-state index is 14.2. The average molecular weight is 1020 g/mol. The Kier molecular flexibility index (Phi) is 22.2. The average Bonchev–Trinajstić information content (AvgIpc) is 3.34. The summed E-state index contributed by atoms with van der Waals surface area (Å²) in [7, 11) is 0. The summed E-state index contributed by atoms with van der Waals surface area (Å²) in [6, 6.07) is 48.7. The largest absolute Gasteiger partial charge is 0.461 e. The van der Waals surface area contributed by atoms with Gasteiger partial charge in [-0.1, -0.05) is 133 Å². The second-order valence-corrected chi connectivity index (χ2v) is 17.0. The van der Waals surface area contributed by atoms with Gasteiger partial charge in [-0.2, -0.15) is 0 Å². The molecule has 12 nitrogen and oxygen atoms in total. The molecule has 0 radical (unpaired) electrons. The van der Waals surface area contributed by atoms with Gasteiger partial charge in [0, 0.05) is 89.0 Å². The molecule has 69 heavy (non-hydrogen) atoms. The van der Waals surface area contributed by atoms with Crippen molar-refractivity contribution >= 4 is 67.3 Å². The number of hydrogen-bond acceptors (Lipinski definition) is 11. The maximum Gasteiger partial charge on any atom is 0.336 e. The molecule has 2 fully saturated rings. The zero-order chi connectivity index (χ0) is 45.1. The van der Waals surface area contributed by atoms with Crippen molar-refractivity contribution in [2.45, 2.75) is 31.8 Å². The number of carbonyl (C=O) groups is 2. The van der Waals surface area contributed by atoms with Crippen molar-refractivity contribution in [3.8, 4) is 0 Å². The Balaban J connectivity index is 0.00000259. The second kappa shape index (κ2) is 27.2. The molecule has 0 aromatic heterocycles. The highest BCUT2D eigenvalue weighted by Gasteiger charge is 2.39. The Hall–Kier alpha value is -5.28. The van der Waals surface area contributed by atoms with E-state index in [0.29, 0.717) is 30.0 Å². The van der Waals surface area contributed by atoms with Crippen LogP contribution in [0, 0.1) is 10.1 Å². The number of non-ortho nitro benzene ring substituents is 1. The van der Waals surface area contributed by atoms with Crippen LogP contribution in [-0.4, -0.2) is 115 Å². The molecule has 5 aromatic carbocycles. The molecule has 0 amide bonds. The smallest absolute Gasteiger partial charge is 0.336 e. The van der Waals surface area contributed by atoms with Crippen LogP contribution in [0.3, 0.4) is 0 Å². The van der Waals surface area contributed by atoms with Gasteiger partial charge in [0.1, 0.15) is 13.2 Å². The summed E-state index contributed by atoms with van der Waals surface area (Å²) >= 11 is 0. The predicted molar refractivity (Wildman–Crippen MR) is 281 cm³/mol. The maximum atomic E-state index is 14.2. The minimum Gasteiger partial charge on any atom is -0.461 e. The number of carbonyl (C=O) groups excluding carboxylic acids is 2. The number of nitrogens with one attached hydrogen (secondary N) is 1. The highest BCUT2D eigenvalue weighted by molar-refractivity contribution is 6.00. The minimum atomic E-state index is -0.941. The van der Waals surface area contributed by atoms with E-state index in [-0.39, 0.29) is 91.8 Å². The molecule has 8 rings (SSSR count). The van der Waals surface area contributed by atoms with E-state index in [0.717, 1.165) is 52.4 Å². The highest BCUT2D eigenvalue weighted by atomic mass is 35.5. The first-order valence-electron chi connectivity index (χ1n) is 22.6. The van der Waals surface area contributed by atoms with Gasteiger partial charge in [-0.3, -0.25) is 29.7 Å². The van der Waals surface area contributed by atoms with E-state index in [1.54, 1.807) is 26.0 Å². The van der Waals surface area contributed by atoms with E-state index >= 15 is 0 Å². The van der Waals surface area contributed by atoms with E-state index in [9.17, 15) is 19.7 Å². The molecule has 0 unspecified atom stereocenters. The van der Waals surface area contributed by atoms with E-state index in [2.05, 4.69) is 122 Å². The molecule has 3 aliphatic heterocycles. The van der Waals surface area contributed by atoms with Crippen LogP contribution in [0.1, 0.15) is 59.7 Å². The van der Waals surface area contributed by atoms with Gasteiger partial charge in [0.05, 0.1) is 34.1 Å². The number of esters is 2. The van der Waals surface area contributed by atoms with Gasteiger partial charge in [0.2, 0.25) is 0 Å². The molecule has 0 spiro atoms. The van der Waals surface area contributed by atoms with Crippen molar-refractivity contribution in [3.63, 3.8) is 0 Å². The summed E-state index contributed by atoms with van der Waals surface area (Å²) in [6.07, 6.45) is 0. The fourth-order valence-electron chi connectivity index (χ4n) is 9.64. The molecule has 0 saturated carbocycles. The number of nitro benzene ring substituents is 1. The highest BCUT2D eigenvalue weighted by Crippen LogP contribution is 2.40. The first-order valence-corrected chi connectivity index (χ1v) is 22.6. The third-order valence-electron chi connectivity index (χ3n) is 12.9. The summed E-state index contributed by atoms with van der Waals surface area (Å²) in [6.45, 7) is 11.5. The number of halogens is 4.